The standard InChI is InChI=1S/C11H15NO2S/c1-4-11(3,10(13)14)6-5-9-8(2)12-7-15-9/h4,7H,1,5-6H2,2-3H3,(H,13,14). The molecule has 1 rings (SSSR count). The number of aliphatic carboxylic acids is 1. The molecule has 0 radical (unpaired) electrons. The molecule has 0 aliphatic carbocycles. The van der Waals surface area contributed by atoms with Gasteiger partial charge in [-0.05, 0) is 26.7 Å². The maximum absolute atomic E-state index is 11.0. The third-order valence-electron chi connectivity index (χ3n) is 2.66. The second kappa shape index (κ2) is 4.57. The van der Waals surface area contributed by atoms with Gasteiger partial charge < -0.3 is 5.11 Å². The lowest BCUT2D eigenvalue weighted by atomic mass is 9.85. The van der Waals surface area contributed by atoms with Crippen LogP contribution >= 0.6 is 11.3 Å². The Morgan fingerprint density at radius 1 is 1.80 bits per heavy atom. The van der Waals surface area contributed by atoms with E-state index in [1.807, 2.05) is 6.92 Å². The van der Waals surface area contributed by atoms with Gasteiger partial charge >= 0.3 is 5.97 Å². The Kier molecular flexibility index (Phi) is 3.63. The molecule has 0 aromatic carbocycles. The monoisotopic (exact) mass is 225 g/mol. The lowest BCUT2D eigenvalue weighted by Gasteiger charge is -2.19. The molecule has 0 spiro atoms. The summed E-state index contributed by atoms with van der Waals surface area (Å²) < 4.78 is 0. The first-order chi connectivity index (χ1) is 6.99. The van der Waals surface area contributed by atoms with Crippen LogP contribution in [0.25, 0.3) is 0 Å². The van der Waals surface area contributed by atoms with Gasteiger partial charge in [-0.15, -0.1) is 17.9 Å². The summed E-state index contributed by atoms with van der Waals surface area (Å²) in [4.78, 5) is 16.3. The zero-order valence-corrected chi connectivity index (χ0v) is 9.80. The van der Waals surface area contributed by atoms with E-state index < -0.39 is 11.4 Å². The smallest absolute Gasteiger partial charge is 0.313 e. The maximum atomic E-state index is 11.0. The van der Waals surface area contributed by atoms with Crippen molar-refractivity contribution in [2.24, 2.45) is 5.41 Å². The number of carboxylic acids is 1. The molecule has 0 amide bonds. The van der Waals surface area contributed by atoms with Gasteiger partial charge in [0.05, 0.1) is 16.6 Å². The third kappa shape index (κ3) is 2.65. The van der Waals surface area contributed by atoms with Crippen LogP contribution in [0.4, 0.5) is 0 Å². The van der Waals surface area contributed by atoms with Crippen LogP contribution in [0.3, 0.4) is 0 Å². The summed E-state index contributed by atoms with van der Waals surface area (Å²) in [6.07, 6.45) is 2.81. The number of carbonyl (C=O) groups is 1. The van der Waals surface area contributed by atoms with Crippen LogP contribution in [0.5, 0.6) is 0 Å². The van der Waals surface area contributed by atoms with Gasteiger partial charge in [0, 0.05) is 4.88 Å². The molecular formula is C11H15NO2S. The van der Waals surface area contributed by atoms with Crippen molar-refractivity contribution in [1.82, 2.24) is 4.98 Å². The number of hydrogen-bond acceptors (Lipinski definition) is 3. The minimum absolute atomic E-state index is 0.564. The van der Waals surface area contributed by atoms with E-state index in [0.29, 0.717) is 6.42 Å². The lowest BCUT2D eigenvalue weighted by molar-refractivity contribution is -0.145. The van der Waals surface area contributed by atoms with E-state index in [9.17, 15) is 4.79 Å². The molecule has 1 aromatic rings. The van der Waals surface area contributed by atoms with E-state index >= 15 is 0 Å². The molecule has 0 saturated carbocycles. The molecule has 4 heteroatoms. The fourth-order valence-electron chi connectivity index (χ4n) is 1.24. The van der Waals surface area contributed by atoms with Crippen molar-refractivity contribution >= 4 is 17.3 Å². The van der Waals surface area contributed by atoms with Crippen LogP contribution < -0.4 is 0 Å². The largest absolute Gasteiger partial charge is 0.481 e. The molecule has 0 fully saturated rings. The number of thiazole rings is 1. The normalized spacial score (nSPS) is 14.5. The summed E-state index contributed by atoms with van der Waals surface area (Å²) in [5.74, 6) is -0.820. The highest BCUT2D eigenvalue weighted by atomic mass is 32.1. The van der Waals surface area contributed by atoms with Crippen molar-refractivity contribution in [3.8, 4) is 0 Å². The van der Waals surface area contributed by atoms with Gasteiger partial charge in [0.15, 0.2) is 0 Å². The quantitative estimate of drug-likeness (QED) is 0.784. The zero-order chi connectivity index (χ0) is 11.5. The Labute approximate surface area is 93.5 Å². The molecule has 82 valence electrons. The SMILES string of the molecule is C=CC(C)(CCc1scnc1C)C(=O)O. The highest BCUT2D eigenvalue weighted by Crippen LogP contribution is 2.27. The number of carboxylic acid groups (broad SMARTS) is 1. The van der Waals surface area contributed by atoms with Gasteiger partial charge in [0.1, 0.15) is 0 Å². The van der Waals surface area contributed by atoms with E-state index in [-0.39, 0.29) is 0 Å². The van der Waals surface area contributed by atoms with Crippen molar-refractivity contribution in [2.75, 3.05) is 0 Å². The molecule has 1 unspecified atom stereocenters. The van der Waals surface area contributed by atoms with Crippen LogP contribution in [0.2, 0.25) is 0 Å². The average Bonchev–Trinajstić information content (AvgIpc) is 2.60. The van der Waals surface area contributed by atoms with Crippen molar-refractivity contribution < 1.29 is 9.90 Å². The predicted octanol–water partition coefficient (Wildman–Crippen LogP) is 2.66. The van der Waals surface area contributed by atoms with Crippen LogP contribution in [-0.2, 0) is 11.2 Å². The van der Waals surface area contributed by atoms with Crippen LogP contribution in [-0.4, -0.2) is 16.1 Å². The molecular weight excluding hydrogens is 210 g/mol. The van der Waals surface area contributed by atoms with Crippen LogP contribution in [0.1, 0.15) is 23.9 Å². The molecule has 3 nitrogen and oxygen atoms in total. The predicted molar refractivity (Wildman–Crippen MR) is 61.1 cm³/mol. The number of hydrogen-bond donors (Lipinski definition) is 1. The number of nitrogens with zero attached hydrogens (tertiary/aromatic N) is 1. The second-order valence-electron chi connectivity index (χ2n) is 3.79. The molecule has 0 saturated heterocycles. The first-order valence-electron chi connectivity index (χ1n) is 4.75. The van der Waals surface area contributed by atoms with Crippen molar-refractivity contribution in [3.05, 3.63) is 28.7 Å². The molecule has 1 aromatic heterocycles. The van der Waals surface area contributed by atoms with E-state index in [4.69, 9.17) is 5.11 Å². The van der Waals surface area contributed by atoms with Gasteiger partial charge in [0.2, 0.25) is 0 Å². The summed E-state index contributed by atoms with van der Waals surface area (Å²) in [6.45, 7) is 7.22. The molecule has 0 aliphatic heterocycles. The minimum atomic E-state index is -0.837. The van der Waals surface area contributed by atoms with Crippen molar-refractivity contribution in [3.63, 3.8) is 0 Å². The topological polar surface area (TPSA) is 50.2 Å². The number of rotatable bonds is 5. The fourth-order valence-corrected chi connectivity index (χ4v) is 2.02. The first-order valence-corrected chi connectivity index (χ1v) is 5.63. The van der Waals surface area contributed by atoms with Crippen LogP contribution in [0, 0.1) is 12.3 Å². The molecule has 1 atom stereocenters. The van der Waals surface area contributed by atoms with Crippen LogP contribution in [0.15, 0.2) is 18.2 Å². The van der Waals surface area contributed by atoms with E-state index in [1.165, 1.54) is 6.08 Å². The van der Waals surface area contributed by atoms with Gasteiger partial charge in [0.25, 0.3) is 0 Å². The Morgan fingerprint density at radius 2 is 2.47 bits per heavy atom. The Hall–Kier alpha value is -1.16. The summed E-state index contributed by atoms with van der Waals surface area (Å²) in [5.41, 5.74) is 1.95. The average molecular weight is 225 g/mol. The highest BCUT2D eigenvalue weighted by molar-refractivity contribution is 7.09. The molecule has 15 heavy (non-hydrogen) atoms. The van der Waals surface area contributed by atoms with Gasteiger partial charge in [-0.25, -0.2) is 4.98 Å². The number of aryl methyl sites for hydroxylation is 2. The van der Waals surface area contributed by atoms with E-state index in [2.05, 4.69) is 11.6 Å². The van der Waals surface area contributed by atoms with Crippen molar-refractivity contribution in [1.29, 1.82) is 0 Å². The third-order valence-corrected chi connectivity index (χ3v) is 3.65. The summed E-state index contributed by atoms with van der Waals surface area (Å²) in [5, 5.41) is 9.05. The molecule has 0 bridgehead atoms. The van der Waals surface area contributed by atoms with Gasteiger partial charge in [-0.2, -0.15) is 0 Å². The second-order valence-corrected chi connectivity index (χ2v) is 4.73. The molecule has 0 aliphatic rings. The summed E-state index contributed by atoms with van der Waals surface area (Å²) >= 11 is 1.57. The maximum Gasteiger partial charge on any atom is 0.313 e. The number of aromatic nitrogens is 1. The Morgan fingerprint density at radius 3 is 2.87 bits per heavy atom. The Balaban J connectivity index is 2.67. The summed E-state index contributed by atoms with van der Waals surface area (Å²) in [6, 6.07) is 0. The Bertz CT molecular complexity index is 372. The highest BCUT2D eigenvalue weighted by Gasteiger charge is 2.29. The van der Waals surface area contributed by atoms with Gasteiger partial charge in [-0.1, -0.05) is 6.08 Å². The molecule has 1 N–H and O–H groups in total. The lowest BCUT2D eigenvalue weighted by Crippen LogP contribution is -2.25. The zero-order valence-electron chi connectivity index (χ0n) is 8.99. The van der Waals surface area contributed by atoms with E-state index in [1.54, 1.807) is 23.8 Å². The molecule has 1 heterocycles. The van der Waals surface area contributed by atoms with Crippen molar-refractivity contribution in [2.45, 2.75) is 26.7 Å². The first kappa shape index (κ1) is 11.9. The summed E-state index contributed by atoms with van der Waals surface area (Å²) in [7, 11) is 0. The minimum Gasteiger partial charge on any atom is -0.481 e. The fraction of sp³-hybridized carbons (Fsp3) is 0.455. The van der Waals surface area contributed by atoms with E-state index in [0.717, 1.165) is 17.0 Å². The van der Waals surface area contributed by atoms with Gasteiger partial charge in [-0.3, -0.25) is 4.79 Å².